The van der Waals surface area contributed by atoms with Gasteiger partial charge in [0.15, 0.2) is 0 Å². The van der Waals surface area contributed by atoms with Crippen LogP contribution in [-0.2, 0) is 4.79 Å². The number of hydrogen-bond acceptors (Lipinski definition) is 5. The second kappa shape index (κ2) is 11.6. The fourth-order valence-electron chi connectivity index (χ4n) is 3.87. The summed E-state index contributed by atoms with van der Waals surface area (Å²) >= 11 is 1.33. The molecule has 1 heterocycles. The summed E-state index contributed by atoms with van der Waals surface area (Å²) in [6, 6.07) is 29.4. The molecule has 0 aliphatic heterocycles. The highest BCUT2D eigenvalue weighted by atomic mass is 32.2. The molecule has 36 heavy (non-hydrogen) atoms. The zero-order valence-corrected chi connectivity index (χ0v) is 21.3. The third-order valence-corrected chi connectivity index (χ3v) is 7.12. The van der Waals surface area contributed by atoms with E-state index in [2.05, 4.69) is 11.4 Å². The summed E-state index contributed by atoms with van der Waals surface area (Å²) in [7, 11) is 1.62. The predicted octanol–water partition coefficient (Wildman–Crippen LogP) is 7.11. The van der Waals surface area contributed by atoms with Gasteiger partial charge in [0, 0.05) is 16.8 Å². The van der Waals surface area contributed by atoms with E-state index in [4.69, 9.17) is 9.72 Å². The first-order valence-electron chi connectivity index (χ1n) is 11.7. The Labute approximate surface area is 216 Å². The van der Waals surface area contributed by atoms with Crippen molar-refractivity contribution in [1.29, 1.82) is 5.26 Å². The van der Waals surface area contributed by atoms with E-state index in [9.17, 15) is 10.1 Å². The lowest BCUT2D eigenvalue weighted by Crippen LogP contribution is -2.25. The summed E-state index contributed by atoms with van der Waals surface area (Å²) in [4.78, 5) is 18.0. The van der Waals surface area contributed by atoms with Crippen LogP contribution in [0.3, 0.4) is 0 Å². The number of nitriles is 1. The molecular weight excluding hydrogens is 466 g/mol. The number of hydrogen-bond donors (Lipinski definition) is 1. The molecule has 0 fully saturated rings. The van der Waals surface area contributed by atoms with Crippen LogP contribution in [0.25, 0.3) is 22.4 Å². The molecule has 3 aromatic carbocycles. The number of benzene rings is 3. The Kier molecular flexibility index (Phi) is 8.04. The fraction of sp³-hybridized carbons (Fsp3) is 0.167. The standard InChI is InChI=1S/C30H27N3O2S/c1-4-28(29(34)32-23-12-8-9-20(2)17-23)36-30-26(19-31)25(21-13-15-24(35-3)16-14-21)18-27(33-30)22-10-6-5-7-11-22/h5-18,28H,4H2,1-3H3,(H,32,34). The minimum Gasteiger partial charge on any atom is -0.497 e. The number of carbonyl (C=O) groups is 1. The number of aryl methyl sites for hydroxylation is 1. The topological polar surface area (TPSA) is 75.0 Å². The van der Waals surface area contributed by atoms with Gasteiger partial charge in [0.05, 0.1) is 23.6 Å². The van der Waals surface area contributed by atoms with Crippen LogP contribution in [0.2, 0.25) is 0 Å². The smallest absolute Gasteiger partial charge is 0.237 e. The molecule has 6 heteroatoms. The molecule has 1 aromatic heterocycles. The number of methoxy groups -OCH3 is 1. The van der Waals surface area contributed by atoms with Crippen LogP contribution in [0.1, 0.15) is 24.5 Å². The average molecular weight is 494 g/mol. The molecule has 180 valence electrons. The van der Waals surface area contributed by atoms with E-state index in [0.717, 1.165) is 39.4 Å². The van der Waals surface area contributed by atoms with E-state index >= 15 is 0 Å². The predicted molar refractivity (Wildman–Crippen MR) is 146 cm³/mol. The normalized spacial score (nSPS) is 11.4. The van der Waals surface area contributed by atoms with Crippen molar-refractivity contribution >= 4 is 23.4 Å². The van der Waals surface area contributed by atoms with Crippen LogP contribution in [0.5, 0.6) is 5.75 Å². The molecule has 4 aromatic rings. The Morgan fingerprint density at radius 1 is 1.03 bits per heavy atom. The molecule has 0 saturated heterocycles. The van der Waals surface area contributed by atoms with Crippen molar-refractivity contribution < 1.29 is 9.53 Å². The van der Waals surface area contributed by atoms with E-state index in [1.807, 2.05) is 98.8 Å². The van der Waals surface area contributed by atoms with Crippen molar-refractivity contribution in [3.05, 3.63) is 96.1 Å². The molecule has 0 aliphatic carbocycles. The van der Waals surface area contributed by atoms with Crippen molar-refractivity contribution in [2.75, 3.05) is 12.4 Å². The maximum atomic E-state index is 13.2. The monoisotopic (exact) mass is 493 g/mol. The second-order valence-electron chi connectivity index (χ2n) is 8.32. The number of nitrogens with zero attached hydrogens (tertiary/aromatic N) is 2. The highest BCUT2D eigenvalue weighted by molar-refractivity contribution is 8.00. The van der Waals surface area contributed by atoms with Crippen LogP contribution in [0, 0.1) is 18.3 Å². The lowest BCUT2D eigenvalue weighted by Gasteiger charge is -2.18. The quantitative estimate of drug-likeness (QED) is 0.265. The molecule has 1 atom stereocenters. The van der Waals surface area contributed by atoms with Gasteiger partial charge in [-0.3, -0.25) is 4.79 Å². The lowest BCUT2D eigenvalue weighted by atomic mass is 9.99. The zero-order chi connectivity index (χ0) is 25.5. The van der Waals surface area contributed by atoms with Crippen molar-refractivity contribution in [1.82, 2.24) is 4.98 Å². The summed E-state index contributed by atoms with van der Waals surface area (Å²) in [6.45, 7) is 3.95. The maximum absolute atomic E-state index is 13.2. The number of carbonyl (C=O) groups excluding carboxylic acids is 1. The third-order valence-electron chi connectivity index (χ3n) is 5.77. The molecule has 1 amide bonds. The number of rotatable bonds is 8. The minimum atomic E-state index is -0.417. The summed E-state index contributed by atoms with van der Waals surface area (Å²) in [5, 5.41) is 13.3. The highest BCUT2D eigenvalue weighted by Gasteiger charge is 2.23. The molecule has 0 saturated carbocycles. The van der Waals surface area contributed by atoms with Crippen molar-refractivity contribution in [2.45, 2.75) is 30.5 Å². The molecular formula is C30H27N3O2S. The first-order chi connectivity index (χ1) is 17.5. The van der Waals surface area contributed by atoms with Gasteiger partial charge in [0.25, 0.3) is 0 Å². The van der Waals surface area contributed by atoms with Gasteiger partial charge in [-0.2, -0.15) is 5.26 Å². The number of pyridine rings is 1. The summed E-state index contributed by atoms with van der Waals surface area (Å²) in [5.41, 5.74) is 5.61. The van der Waals surface area contributed by atoms with Gasteiger partial charge < -0.3 is 10.1 Å². The number of thioether (sulfide) groups is 1. The van der Waals surface area contributed by atoms with E-state index in [1.165, 1.54) is 11.8 Å². The maximum Gasteiger partial charge on any atom is 0.237 e. The summed E-state index contributed by atoms with van der Waals surface area (Å²) in [5.74, 6) is 0.623. The Morgan fingerprint density at radius 3 is 2.42 bits per heavy atom. The van der Waals surface area contributed by atoms with Crippen LogP contribution in [0.4, 0.5) is 5.69 Å². The minimum absolute atomic E-state index is 0.116. The van der Waals surface area contributed by atoms with E-state index in [0.29, 0.717) is 17.0 Å². The molecule has 0 aliphatic rings. The second-order valence-corrected chi connectivity index (χ2v) is 9.51. The van der Waals surface area contributed by atoms with Gasteiger partial charge in [-0.1, -0.05) is 73.3 Å². The number of amides is 1. The summed E-state index contributed by atoms with van der Waals surface area (Å²) < 4.78 is 5.30. The van der Waals surface area contributed by atoms with E-state index < -0.39 is 5.25 Å². The van der Waals surface area contributed by atoms with Crippen LogP contribution in [-0.4, -0.2) is 23.3 Å². The van der Waals surface area contributed by atoms with E-state index in [1.54, 1.807) is 7.11 Å². The fourth-order valence-corrected chi connectivity index (χ4v) is 4.90. The van der Waals surface area contributed by atoms with Crippen molar-refractivity contribution in [3.8, 4) is 34.2 Å². The van der Waals surface area contributed by atoms with Gasteiger partial charge >= 0.3 is 0 Å². The molecule has 0 radical (unpaired) electrons. The molecule has 4 rings (SSSR count). The van der Waals surface area contributed by atoms with Gasteiger partial charge in [-0.15, -0.1) is 0 Å². The lowest BCUT2D eigenvalue weighted by molar-refractivity contribution is -0.115. The number of nitrogens with one attached hydrogen (secondary N) is 1. The number of ether oxygens (including phenoxy) is 1. The largest absolute Gasteiger partial charge is 0.497 e. The van der Waals surface area contributed by atoms with E-state index in [-0.39, 0.29) is 5.91 Å². The van der Waals surface area contributed by atoms with Gasteiger partial charge in [0.1, 0.15) is 16.8 Å². The van der Waals surface area contributed by atoms with Crippen molar-refractivity contribution in [3.63, 3.8) is 0 Å². The number of anilines is 1. The average Bonchev–Trinajstić information content (AvgIpc) is 2.91. The zero-order valence-electron chi connectivity index (χ0n) is 20.5. The van der Waals surface area contributed by atoms with Crippen molar-refractivity contribution in [2.24, 2.45) is 0 Å². The van der Waals surface area contributed by atoms with Crippen LogP contribution >= 0.6 is 11.8 Å². The Morgan fingerprint density at radius 2 is 1.78 bits per heavy atom. The SMILES string of the molecule is CCC(Sc1nc(-c2ccccc2)cc(-c2ccc(OC)cc2)c1C#N)C(=O)Nc1cccc(C)c1. The Bertz CT molecular complexity index is 1400. The van der Waals surface area contributed by atoms with Gasteiger partial charge in [-0.05, 0) is 54.8 Å². The first kappa shape index (κ1) is 25.0. The third kappa shape index (κ3) is 5.76. The Hall–Kier alpha value is -4.08. The molecule has 0 bridgehead atoms. The molecule has 5 nitrogen and oxygen atoms in total. The first-order valence-corrected chi connectivity index (χ1v) is 12.6. The molecule has 1 unspecified atom stereocenters. The molecule has 0 spiro atoms. The van der Waals surface area contributed by atoms with Crippen LogP contribution in [0.15, 0.2) is 90.0 Å². The molecule has 1 N–H and O–H groups in total. The van der Waals surface area contributed by atoms with Gasteiger partial charge in [-0.25, -0.2) is 4.98 Å². The van der Waals surface area contributed by atoms with Gasteiger partial charge in [0.2, 0.25) is 5.91 Å². The highest BCUT2D eigenvalue weighted by Crippen LogP contribution is 2.37. The summed E-state index contributed by atoms with van der Waals surface area (Å²) in [6.07, 6.45) is 0.586. The van der Waals surface area contributed by atoms with Crippen LogP contribution < -0.4 is 10.1 Å². The number of aromatic nitrogens is 1. The Balaban J connectivity index is 1.75.